The number of rotatable bonds is 5. The van der Waals surface area contributed by atoms with Crippen LogP contribution in [0.3, 0.4) is 0 Å². The molecule has 7 nitrogen and oxygen atoms in total. The van der Waals surface area contributed by atoms with Crippen molar-refractivity contribution in [2.24, 2.45) is 0 Å². The maximum Gasteiger partial charge on any atom is 0.183 e. The molecule has 1 saturated heterocycles. The van der Waals surface area contributed by atoms with Gasteiger partial charge in [-0.05, 0) is 38.7 Å². The van der Waals surface area contributed by atoms with Gasteiger partial charge in [0.25, 0.3) is 0 Å². The van der Waals surface area contributed by atoms with E-state index in [0.717, 1.165) is 85.3 Å². The fraction of sp³-hybridized carbons (Fsp3) is 0.500. The van der Waals surface area contributed by atoms with E-state index in [1.807, 2.05) is 6.92 Å². The number of nitrogens with one attached hydrogen (secondary N) is 1. The second-order valence-corrected chi connectivity index (χ2v) is 8.86. The van der Waals surface area contributed by atoms with E-state index in [1.165, 1.54) is 0 Å². The van der Waals surface area contributed by atoms with Crippen LogP contribution >= 0.6 is 11.3 Å². The lowest BCUT2D eigenvalue weighted by atomic mass is 9.93. The van der Waals surface area contributed by atoms with Crippen LogP contribution in [0.25, 0.3) is 11.0 Å². The van der Waals surface area contributed by atoms with Crippen molar-refractivity contribution in [1.29, 1.82) is 0 Å². The van der Waals surface area contributed by atoms with Crippen LogP contribution in [-0.4, -0.2) is 53.4 Å². The number of thiazole rings is 1. The van der Waals surface area contributed by atoms with E-state index in [4.69, 9.17) is 9.47 Å². The standard InChI is InChI=1S/C22H27N5O2S/c1-15-14-30-22(25-15)26-16-2-4-18(5-3-16)29-20-13-17(27-8-10-28-11-9-27)12-19-21(20)24-7-6-23-19/h6-7,12-14,16,18H,2-5,8-11H2,1H3,(H,25,26)/t16-,18+. The topological polar surface area (TPSA) is 72.4 Å². The molecule has 0 atom stereocenters. The van der Waals surface area contributed by atoms with Crippen LogP contribution in [0, 0.1) is 6.92 Å². The lowest BCUT2D eigenvalue weighted by Gasteiger charge is -2.31. The molecule has 3 heterocycles. The van der Waals surface area contributed by atoms with Crippen molar-refractivity contribution in [1.82, 2.24) is 15.0 Å². The number of hydrogen-bond donors (Lipinski definition) is 1. The van der Waals surface area contributed by atoms with Crippen molar-refractivity contribution in [2.45, 2.75) is 44.8 Å². The van der Waals surface area contributed by atoms with Crippen LogP contribution in [0.15, 0.2) is 29.9 Å². The Bertz CT molecular complexity index is 996. The van der Waals surface area contributed by atoms with Gasteiger partial charge in [0, 0.05) is 48.7 Å². The van der Waals surface area contributed by atoms with E-state index < -0.39 is 0 Å². The summed E-state index contributed by atoms with van der Waals surface area (Å²) in [6.07, 6.45) is 7.88. The molecular weight excluding hydrogens is 398 g/mol. The second kappa shape index (κ2) is 8.73. The summed E-state index contributed by atoms with van der Waals surface area (Å²) in [7, 11) is 0. The minimum atomic E-state index is 0.200. The van der Waals surface area contributed by atoms with Crippen LogP contribution in [0.4, 0.5) is 10.8 Å². The first-order valence-corrected chi connectivity index (χ1v) is 11.6. The summed E-state index contributed by atoms with van der Waals surface area (Å²) in [5, 5.41) is 6.69. The Hall–Kier alpha value is -2.45. The van der Waals surface area contributed by atoms with E-state index >= 15 is 0 Å². The summed E-state index contributed by atoms with van der Waals surface area (Å²) in [6.45, 7) is 5.32. The van der Waals surface area contributed by atoms with Gasteiger partial charge in [0.15, 0.2) is 5.13 Å². The lowest BCUT2D eigenvalue weighted by Crippen LogP contribution is -2.36. The van der Waals surface area contributed by atoms with E-state index in [9.17, 15) is 0 Å². The van der Waals surface area contributed by atoms with E-state index in [1.54, 1.807) is 23.7 Å². The molecule has 2 aliphatic rings. The predicted octanol–water partition coefficient (Wildman–Crippen LogP) is 4.03. The summed E-state index contributed by atoms with van der Waals surface area (Å²) < 4.78 is 12.0. The highest BCUT2D eigenvalue weighted by Gasteiger charge is 2.24. The number of hydrogen-bond acceptors (Lipinski definition) is 8. The smallest absolute Gasteiger partial charge is 0.183 e. The highest BCUT2D eigenvalue weighted by molar-refractivity contribution is 7.13. The average Bonchev–Trinajstić information content (AvgIpc) is 3.20. The Labute approximate surface area is 180 Å². The fourth-order valence-corrected chi connectivity index (χ4v) is 4.99. The second-order valence-electron chi connectivity index (χ2n) is 8.00. The molecule has 0 radical (unpaired) electrons. The van der Waals surface area contributed by atoms with Gasteiger partial charge in [0.05, 0.1) is 30.5 Å². The fourth-order valence-electron chi connectivity index (χ4n) is 4.22. The third-order valence-corrected chi connectivity index (χ3v) is 6.71. The van der Waals surface area contributed by atoms with Crippen molar-refractivity contribution in [2.75, 3.05) is 36.5 Å². The van der Waals surface area contributed by atoms with Crippen molar-refractivity contribution < 1.29 is 9.47 Å². The Morgan fingerprint density at radius 3 is 2.67 bits per heavy atom. The molecule has 30 heavy (non-hydrogen) atoms. The largest absolute Gasteiger partial charge is 0.488 e. The summed E-state index contributed by atoms with van der Waals surface area (Å²) in [5.74, 6) is 0.842. The van der Waals surface area contributed by atoms with Gasteiger partial charge in [-0.15, -0.1) is 11.3 Å². The van der Waals surface area contributed by atoms with Gasteiger partial charge in [-0.3, -0.25) is 4.98 Å². The molecule has 2 fully saturated rings. The van der Waals surface area contributed by atoms with Crippen LogP contribution in [0.5, 0.6) is 5.75 Å². The first-order chi connectivity index (χ1) is 14.7. The first kappa shape index (κ1) is 19.5. The molecule has 3 aromatic rings. The zero-order valence-electron chi connectivity index (χ0n) is 17.2. The number of morpholine rings is 1. The van der Waals surface area contributed by atoms with Gasteiger partial charge in [-0.25, -0.2) is 9.97 Å². The van der Waals surface area contributed by atoms with E-state index in [2.05, 4.69) is 42.7 Å². The Kier molecular flexibility index (Phi) is 5.68. The number of aromatic nitrogens is 3. The van der Waals surface area contributed by atoms with Gasteiger partial charge in [0.2, 0.25) is 0 Å². The number of ether oxygens (including phenoxy) is 2. The molecule has 1 saturated carbocycles. The molecule has 0 spiro atoms. The molecule has 1 aliphatic carbocycles. The summed E-state index contributed by atoms with van der Waals surface area (Å²) in [5.41, 5.74) is 3.93. The first-order valence-electron chi connectivity index (χ1n) is 10.7. The maximum absolute atomic E-state index is 6.50. The SMILES string of the molecule is Cc1csc(N[C@H]2CC[C@@H](Oc3cc(N4CCOCC4)cc4nccnc34)CC2)n1. The molecule has 1 aliphatic heterocycles. The minimum Gasteiger partial charge on any atom is -0.488 e. The molecule has 2 aromatic heterocycles. The predicted molar refractivity (Wildman–Crippen MR) is 120 cm³/mol. The molecule has 0 amide bonds. The average molecular weight is 426 g/mol. The molecular formula is C22H27N5O2S. The number of anilines is 2. The third kappa shape index (κ3) is 4.34. The van der Waals surface area contributed by atoms with Crippen LogP contribution in [-0.2, 0) is 4.74 Å². The Morgan fingerprint density at radius 2 is 1.90 bits per heavy atom. The molecule has 1 aromatic carbocycles. The molecule has 8 heteroatoms. The Morgan fingerprint density at radius 1 is 1.10 bits per heavy atom. The number of aryl methyl sites for hydroxylation is 1. The highest BCUT2D eigenvalue weighted by Crippen LogP contribution is 2.33. The van der Waals surface area contributed by atoms with Crippen LogP contribution in [0.2, 0.25) is 0 Å². The van der Waals surface area contributed by atoms with Crippen molar-refractivity contribution >= 4 is 33.2 Å². The summed E-state index contributed by atoms with van der Waals surface area (Å²) in [6, 6.07) is 4.70. The van der Waals surface area contributed by atoms with Crippen molar-refractivity contribution in [3.8, 4) is 5.75 Å². The molecule has 0 bridgehead atoms. The maximum atomic E-state index is 6.50. The lowest BCUT2D eigenvalue weighted by molar-refractivity contribution is 0.122. The molecule has 158 valence electrons. The van der Waals surface area contributed by atoms with Crippen LogP contribution < -0.4 is 15.0 Å². The monoisotopic (exact) mass is 425 g/mol. The highest BCUT2D eigenvalue weighted by atomic mass is 32.1. The number of benzene rings is 1. The number of nitrogens with zero attached hydrogens (tertiary/aromatic N) is 4. The zero-order valence-corrected chi connectivity index (χ0v) is 18.0. The van der Waals surface area contributed by atoms with E-state index in [0.29, 0.717) is 6.04 Å². The number of fused-ring (bicyclic) bond motifs is 1. The van der Waals surface area contributed by atoms with E-state index in [-0.39, 0.29) is 6.10 Å². The quantitative estimate of drug-likeness (QED) is 0.661. The van der Waals surface area contributed by atoms with Gasteiger partial charge in [0.1, 0.15) is 11.3 Å². The van der Waals surface area contributed by atoms with Gasteiger partial charge in [-0.2, -0.15) is 0 Å². The van der Waals surface area contributed by atoms with Crippen LogP contribution in [0.1, 0.15) is 31.4 Å². The summed E-state index contributed by atoms with van der Waals surface area (Å²) in [4.78, 5) is 16.0. The minimum absolute atomic E-state index is 0.200. The normalized spacial score (nSPS) is 22.2. The Balaban J connectivity index is 1.29. The van der Waals surface area contributed by atoms with Crippen molar-refractivity contribution in [3.05, 3.63) is 35.6 Å². The summed E-state index contributed by atoms with van der Waals surface area (Å²) >= 11 is 1.68. The van der Waals surface area contributed by atoms with Gasteiger partial charge >= 0.3 is 0 Å². The van der Waals surface area contributed by atoms with Gasteiger partial charge < -0.3 is 19.7 Å². The molecule has 0 unspecified atom stereocenters. The molecule has 5 rings (SSSR count). The van der Waals surface area contributed by atoms with Crippen molar-refractivity contribution in [3.63, 3.8) is 0 Å². The zero-order chi connectivity index (χ0) is 20.3. The molecule has 1 N–H and O–H groups in total. The van der Waals surface area contributed by atoms with Gasteiger partial charge in [-0.1, -0.05) is 0 Å². The third-order valence-electron chi connectivity index (χ3n) is 5.81.